The van der Waals surface area contributed by atoms with Crippen LogP contribution in [-0.4, -0.2) is 34.1 Å². The largest absolute Gasteiger partial charge is 0.358 e. The number of nitrogens with one attached hydrogen (secondary N) is 1. The Morgan fingerprint density at radius 3 is 1.83 bits per heavy atom. The van der Waals surface area contributed by atoms with Crippen LogP contribution in [0.2, 0.25) is 0 Å². The SMILES string of the molecule is Cc1cccc(N=C2n3c(=O)n(-c4ccccc4)c(=O)n3-c3ccccc3C2(c2ccccc2)n2[nH]c(=O)n(-c3ccccc3)c2=O)c1. The third-order valence-electron chi connectivity index (χ3n) is 8.58. The molecule has 0 spiro atoms. The van der Waals surface area contributed by atoms with Crippen LogP contribution >= 0.6 is 0 Å². The van der Waals surface area contributed by atoms with Crippen molar-refractivity contribution in [1.82, 2.24) is 28.3 Å². The number of hydrogen-bond donors (Lipinski definition) is 1. The second-order valence-corrected chi connectivity index (χ2v) is 11.4. The number of hydrogen-bond acceptors (Lipinski definition) is 5. The van der Waals surface area contributed by atoms with E-state index < -0.39 is 28.3 Å². The van der Waals surface area contributed by atoms with E-state index in [1.807, 2.05) is 31.2 Å². The van der Waals surface area contributed by atoms with E-state index in [4.69, 9.17) is 4.99 Å². The molecular weight excluding hydrogens is 606 g/mol. The fourth-order valence-corrected chi connectivity index (χ4v) is 6.55. The predicted octanol–water partition coefficient (Wildman–Crippen LogP) is 4.12. The summed E-state index contributed by atoms with van der Waals surface area (Å²) in [5.41, 5.74) is -1.07. The van der Waals surface area contributed by atoms with Gasteiger partial charge >= 0.3 is 22.8 Å². The van der Waals surface area contributed by atoms with Gasteiger partial charge in [-0.15, -0.1) is 0 Å². The molecule has 0 saturated carbocycles. The van der Waals surface area contributed by atoms with Gasteiger partial charge in [-0.1, -0.05) is 97.1 Å². The zero-order valence-electron chi connectivity index (χ0n) is 25.6. The lowest BCUT2D eigenvalue weighted by Crippen LogP contribution is -2.58. The first kappa shape index (κ1) is 28.7. The van der Waals surface area contributed by atoms with E-state index >= 15 is 0 Å². The van der Waals surface area contributed by atoms with Crippen molar-refractivity contribution >= 4 is 11.5 Å². The predicted molar refractivity (Wildman–Crippen MR) is 183 cm³/mol. The van der Waals surface area contributed by atoms with Crippen molar-refractivity contribution < 1.29 is 0 Å². The van der Waals surface area contributed by atoms with Crippen molar-refractivity contribution in [3.05, 3.63) is 198 Å². The van der Waals surface area contributed by atoms with Crippen LogP contribution in [0.25, 0.3) is 17.1 Å². The zero-order chi connectivity index (χ0) is 33.0. The highest BCUT2D eigenvalue weighted by Gasteiger charge is 2.52. The Bertz CT molecular complexity index is 2610. The van der Waals surface area contributed by atoms with Gasteiger partial charge in [0, 0.05) is 5.56 Å². The number of aryl methyl sites for hydroxylation is 1. The number of para-hydroxylation sites is 3. The van der Waals surface area contributed by atoms with Crippen LogP contribution in [0.15, 0.2) is 164 Å². The Morgan fingerprint density at radius 2 is 1.17 bits per heavy atom. The molecule has 1 aliphatic rings. The minimum absolute atomic E-state index is 0.0124. The molecule has 0 radical (unpaired) electrons. The van der Waals surface area contributed by atoms with E-state index in [1.165, 1.54) is 14.0 Å². The summed E-state index contributed by atoms with van der Waals surface area (Å²) in [7, 11) is 0. The molecule has 0 saturated heterocycles. The lowest BCUT2D eigenvalue weighted by atomic mass is 9.79. The van der Waals surface area contributed by atoms with Crippen molar-refractivity contribution in [2.75, 3.05) is 0 Å². The number of aromatic amines is 1. The molecule has 1 atom stereocenters. The Kier molecular flexibility index (Phi) is 6.55. The second-order valence-electron chi connectivity index (χ2n) is 11.4. The zero-order valence-corrected chi connectivity index (χ0v) is 25.6. The van der Waals surface area contributed by atoms with Gasteiger partial charge in [0.15, 0.2) is 11.4 Å². The number of aliphatic imine (C=N–C) groups is 1. The van der Waals surface area contributed by atoms with Crippen molar-refractivity contribution in [1.29, 1.82) is 0 Å². The van der Waals surface area contributed by atoms with E-state index in [0.717, 1.165) is 14.7 Å². The Labute approximate surface area is 272 Å². The van der Waals surface area contributed by atoms with E-state index in [0.29, 0.717) is 33.9 Å². The Balaban J connectivity index is 1.60. The van der Waals surface area contributed by atoms with E-state index in [1.54, 1.807) is 115 Å². The molecule has 1 aliphatic heterocycles. The topological polar surface area (TPSA) is 121 Å². The van der Waals surface area contributed by atoms with Crippen LogP contribution in [0.5, 0.6) is 0 Å². The van der Waals surface area contributed by atoms with Gasteiger partial charge in [0.2, 0.25) is 0 Å². The molecule has 7 aromatic rings. The van der Waals surface area contributed by atoms with Gasteiger partial charge in [-0.05, 0) is 60.5 Å². The van der Waals surface area contributed by atoms with Crippen LogP contribution in [0, 0.1) is 6.92 Å². The van der Waals surface area contributed by atoms with Crippen LogP contribution in [-0.2, 0) is 5.54 Å². The maximum absolute atomic E-state index is 14.7. The fourth-order valence-electron chi connectivity index (χ4n) is 6.55. The molecule has 1 unspecified atom stereocenters. The summed E-state index contributed by atoms with van der Waals surface area (Å²) < 4.78 is 5.81. The van der Waals surface area contributed by atoms with Gasteiger partial charge in [0.25, 0.3) is 0 Å². The Hall–Kier alpha value is -6.75. The summed E-state index contributed by atoms with van der Waals surface area (Å²) in [6.07, 6.45) is 0. The summed E-state index contributed by atoms with van der Waals surface area (Å²) in [5, 5.41) is 2.81. The maximum atomic E-state index is 14.7. The van der Waals surface area contributed by atoms with Gasteiger partial charge in [0.1, 0.15) is 0 Å². The second kappa shape index (κ2) is 11.0. The molecule has 3 heterocycles. The number of rotatable bonds is 5. The van der Waals surface area contributed by atoms with E-state index in [9.17, 15) is 19.2 Å². The monoisotopic (exact) mass is 633 g/mol. The van der Waals surface area contributed by atoms with E-state index in [-0.39, 0.29) is 5.84 Å². The molecule has 8 rings (SSSR count). The van der Waals surface area contributed by atoms with Crippen molar-refractivity contribution in [3.8, 4) is 17.1 Å². The molecule has 1 N–H and O–H groups in total. The quantitative estimate of drug-likeness (QED) is 0.307. The maximum Gasteiger partial charge on any atom is 0.358 e. The van der Waals surface area contributed by atoms with Crippen LogP contribution < -0.4 is 22.8 Å². The number of fused-ring (bicyclic) bond motifs is 3. The first-order chi connectivity index (χ1) is 23.4. The lowest BCUT2D eigenvalue weighted by Gasteiger charge is -2.40. The summed E-state index contributed by atoms with van der Waals surface area (Å²) in [6, 6.07) is 40.6. The smallest absolute Gasteiger partial charge is 0.246 e. The fraction of sp³-hybridized carbons (Fsp3) is 0.0541. The molecular formula is C37H27N7O4. The van der Waals surface area contributed by atoms with E-state index in [2.05, 4.69) is 5.10 Å². The first-order valence-corrected chi connectivity index (χ1v) is 15.3. The average molecular weight is 634 g/mol. The van der Waals surface area contributed by atoms with Crippen molar-refractivity contribution in [2.24, 2.45) is 4.99 Å². The van der Waals surface area contributed by atoms with Crippen LogP contribution in [0.1, 0.15) is 16.7 Å². The molecule has 0 bridgehead atoms. The normalized spacial score (nSPS) is 16.1. The van der Waals surface area contributed by atoms with Crippen molar-refractivity contribution in [2.45, 2.75) is 12.5 Å². The third kappa shape index (κ3) is 4.11. The standard InChI is InChI=1S/C37H27N7O4/c1-25-14-13-17-27(24-25)38-32-37(26-15-5-2-6-16-26,44-36(48)40(33(45)39-44)28-18-7-3-8-19-28)30-22-11-12-23-31(30)42-34(46)41(35(47)43(32)42)29-20-9-4-10-21-29/h2-24H,1H3,(H,39,45). The average Bonchev–Trinajstić information content (AvgIpc) is 3.56. The molecule has 11 nitrogen and oxygen atoms in total. The minimum Gasteiger partial charge on any atom is -0.246 e. The van der Waals surface area contributed by atoms with Gasteiger partial charge in [-0.3, -0.25) is 0 Å². The molecule has 48 heavy (non-hydrogen) atoms. The molecule has 5 aromatic carbocycles. The van der Waals surface area contributed by atoms with Crippen molar-refractivity contribution in [3.63, 3.8) is 0 Å². The lowest BCUT2D eigenvalue weighted by molar-refractivity contribution is 0.447. The molecule has 2 aromatic heterocycles. The van der Waals surface area contributed by atoms with Gasteiger partial charge in [0.05, 0.1) is 22.7 Å². The number of H-pyrrole nitrogens is 1. The number of aromatic nitrogens is 6. The molecule has 0 amide bonds. The van der Waals surface area contributed by atoms with Gasteiger partial charge < -0.3 is 0 Å². The summed E-state index contributed by atoms with van der Waals surface area (Å²) in [4.78, 5) is 62.6. The highest BCUT2D eigenvalue weighted by Crippen LogP contribution is 2.41. The van der Waals surface area contributed by atoms with Crippen LogP contribution in [0.4, 0.5) is 5.69 Å². The van der Waals surface area contributed by atoms with Crippen LogP contribution in [0.3, 0.4) is 0 Å². The minimum atomic E-state index is -1.75. The molecule has 0 fully saturated rings. The summed E-state index contributed by atoms with van der Waals surface area (Å²) in [5.74, 6) is 0.0124. The summed E-state index contributed by atoms with van der Waals surface area (Å²) >= 11 is 0. The highest BCUT2D eigenvalue weighted by molar-refractivity contribution is 6.01. The summed E-state index contributed by atoms with van der Waals surface area (Å²) in [6.45, 7) is 1.92. The molecule has 0 aliphatic carbocycles. The third-order valence-corrected chi connectivity index (χ3v) is 8.58. The Morgan fingerprint density at radius 1 is 0.583 bits per heavy atom. The van der Waals surface area contributed by atoms with Gasteiger partial charge in [-0.25, -0.2) is 43.1 Å². The van der Waals surface area contributed by atoms with Gasteiger partial charge in [-0.2, -0.15) is 9.36 Å². The molecule has 234 valence electrons. The first-order valence-electron chi connectivity index (χ1n) is 15.3. The molecule has 11 heteroatoms. The number of benzene rings is 5. The number of nitrogens with zero attached hydrogens (tertiary/aromatic N) is 6. The highest BCUT2D eigenvalue weighted by atomic mass is 16.2.